The fourth-order valence-corrected chi connectivity index (χ4v) is 2.04. The van der Waals surface area contributed by atoms with Crippen LogP contribution in [-0.2, 0) is 11.2 Å². The molecule has 0 unspecified atom stereocenters. The maximum absolute atomic E-state index is 10.7. The molecule has 3 aromatic rings. The van der Waals surface area contributed by atoms with Gasteiger partial charge in [0.25, 0.3) is 0 Å². The lowest BCUT2D eigenvalue weighted by Crippen LogP contribution is -2.04. The van der Waals surface area contributed by atoms with E-state index in [1.807, 2.05) is 0 Å². The van der Waals surface area contributed by atoms with Crippen LogP contribution in [-0.4, -0.2) is 35.6 Å². The maximum atomic E-state index is 10.7. The summed E-state index contributed by atoms with van der Waals surface area (Å²) in [6.07, 6.45) is 4.51. The van der Waals surface area contributed by atoms with Crippen molar-refractivity contribution in [3.63, 3.8) is 0 Å². The van der Waals surface area contributed by atoms with Crippen LogP contribution in [0.4, 0.5) is 0 Å². The van der Waals surface area contributed by atoms with Gasteiger partial charge in [-0.05, 0) is 6.07 Å². The highest BCUT2D eigenvalue weighted by molar-refractivity contribution is 6.29. The fraction of sp³-hybridized carbons (Fsp3) is 0.0833. The molecule has 100 valence electrons. The van der Waals surface area contributed by atoms with Gasteiger partial charge in [0, 0.05) is 18.5 Å². The summed E-state index contributed by atoms with van der Waals surface area (Å²) < 4.78 is 1.43. The van der Waals surface area contributed by atoms with Crippen LogP contribution in [0.2, 0.25) is 5.15 Å². The molecule has 3 heterocycles. The van der Waals surface area contributed by atoms with E-state index in [9.17, 15) is 4.79 Å². The number of carboxylic acids is 1. The first-order valence-corrected chi connectivity index (χ1v) is 6.04. The molecule has 0 fully saturated rings. The third-order valence-electron chi connectivity index (χ3n) is 2.59. The fourth-order valence-electron chi connectivity index (χ4n) is 1.79. The van der Waals surface area contributed by atoms with Crippen molar-refractivity contribution in [2.45, 2.75) is 6.42 Å². The van der Waals surface area contributed by atoms with Crippen LogP contribution >= 0.6 is 11.6 Å². The van der Waals surface area contributed by atoms with Gasteiger partial charge in [0.15, 0.2) is 5.65 Å². The highest BCUT2D eigenvalue weighted by Crippen LogP contribution is 2.19. The quantitative estimate of drug-likeness (QED) is 0.734. The number of aliphatic carboxylic acids is 1. The SMILES string of the molecule is O=C(O)Cc1cc(Cl)n2nc(-c3cnccn3)cc2n1. The van der Waals surface area contributed by atoms with E-state index in [1.54, 1.807) is 24.7 Å². The molecular formula is C12H8ClN5O2. The summed E-state index contributed by atoms with van der Waals surface area (Å²) in [7, 11) is 0. The second kappa shape index (κ2) is 4.86. The molecule has 20 heavy (non-hydrogen) atoms. The first kappa shape index (κ1) is 12.5. The van der Waals surface area contributed by atoms with Crippen molar-refractivity contribution in [3.05, 3.63) is 41.6 Å². The monoisotopic (exact) mass is 289 g/mol. The number of fused-ring (bicyclic) bond motifs is 1. The molecule has 0 spiro atoms. The van der Waals surface area contributed by atoms with Crippen molar-refractivity contribution in [3.8, 4) is 11.4 Å². The minimum atomic E-state index is -0.966. The first-order valence-electron chi connectivity index (χ1n) is 5.67. The number of hydrogen-bond acceptors (Lipinski definition) is 5. The van der Waals surface area contributed by atoms with Crippen LogP contribution in [0.1, 0.15) is 5.69 Å². The number of carboxylic acid groups (broad SMARTS) is 1. The Hall–Kier alpha value is -2.54. The van der Waals surface area contributed by atoms with E-state index in [0.29, 0.717) is 27.9 Å². The summed E-state index contributed by atoms with van der Waals surface area (Å²) in [5.41, 5.74) is 2.00. The van der Waals surface area contributed by atoms with Gasteiger partial charge in [-0.2, -0.15) is 5.10 Å². The zero-order chi connectivity index (χ0) is 14.1. The molecular weight excluding hydrogens is 282 g/mol. The number of carbonyl (C=O) groups is 1. The molecule has 0 aliphatic carbocycles. The molecule has 0 aliphatic heterocycles. The zero-order valence-corrected chi connectivity index (χ0v) is 10.8. The highest BCUT2D eigenvalue weighted by atomic mass is 35.5. The van der Waals surface area contributed by atoms with Gasteiger partial charge in [0.05, 0.1) is 18.3 Å². The topological polar surface area (TPSA) is 93.3 Å². The summed E-state index contributed by atoms with van der Waals surface area (Å²) in [4.78, 5) is 23.0. The molecule has 0 saturated heterocycles. The number of halogens is 1. The molecule has 3 aromatic heterocycles. The average molecular weight is 290 g/mol. The minimum Gasteiger partial charge on any atom is -0.481 e. The van der Waals surface area contributed by atoms with Crippen LogP contribution in [0.5, 0.6) is 0 Å². The van der Waals surface area contributed by atoms with Crippen molar-refractivity contribution in [1.29, 1.82) is 0 Å². The van der Waals surface area contributed by atoms with Gasteiger partial charge in [0.1, 0.15) is 16.5 Å². The van der Waals surface area contributed by atoms with Crippen LogP contribution < -0.4 is 0 Å². The van der Waals surface area contributed by atoms with Crippen LogP contribution in [0.15, 0.2) is 30.7 Å². The maximum Gasteiger partial charge on any atom is 0.309 e. The third kappa shape index (κ3) is 2.30. The summed E-state index contributed by atoms with van der Waals surface area (Å²) in [5.74, 6) is -0.966. The van der Waals surface area contributed by atoms with Gasteiger partial charge in [-0.15, -0.1) is 0 Å². The second-order valence-corrected chi connectivity index (χ2v) is 4.42. The molecule has 0 atom stereocenters. The lowest BCUT2D eigenvalue weighted by Gasteiger charge is -2.00. The lowest BCUT2D eigenvalue weighted by molar-refractivity contribution is -0.136. The average Bonchev–Trinajstić information content (AvgIpc) is 2.83. The Morgan fingerprint density at radius 3 is 2.85 bits per heavy atom. The molecule has 7 nitrogen and oxygen atoms in total. The van der Waals surface area contributed by atoms with E-state index < -0.39 is 5.97 Å². The number of aromatic nitrogens is 5. The number of rotatable bonds is 3. The number of hydrogen-bond donors (Lipinski definition) is 1. The molecule has 1 N–H and O–H groups in total. The summed E-state index contributed by atoms with van der Waals surface area (Å²) >= 11 is 6.08. The zero-order valence-electron chi connectivity index (χ0n) is 10.1. The van der Waals surface area contributed by atoms with Crippen molar-refractivity contribution in [1.82, 2.24) is 24.6 Å². The molecule has 0 saturated carbocycles. The smallest absolute Gasteiger partial charge is 0.309 e. The Bertz CT molecular complexity index is 787. The van der Waals surface area contributed by atoms with E-state index in [-0.39, 0.29) is 6.42 Å². The van der Waals surface area contributed by atoms with E-state index in [4.69, 9.17) is 16.7 Å². The third-order valence-corrected chi connectivity index (χ3v) is 2.86. The van der Waals surface area contributed by atoms with Gasteiger partial charge in [-0.25, -0.2) is 9.50 Å². The molecule has 0 amide bonds. The van der Waals surface area contributed by atoms with E-state index >= 15 is 0 Å². The highest BCUT2D eigenvalue weighted by Gasteiger charge is 2.12. The Morgan fingerprint density at radius 2 is 2.15 bits per heavy atom. The number of nitrogens with zero attached hydrogens (tertiary/aromatic N) is 5. The van der Waals surface area contributed by atoms with E-state index in [1.165, 1.54) is 10.6 Å². The van der Waals surface area contributed by atoms with Crippen LogP contribution in [0.25, 0.3) is 17.0 Å². The van der Waals surface area contributed by atoms with Crippen molar-refractivity contribution in [2.24, 2.45) is 0 Å². The van der Waals surface area contributed by atoms with Gasteiger partial charge in [0.2, 0.25) is 0 Å². The van der Waals surface area contributed by atoms with Gasteiger partial charge in [-0.3, -0.25) is 14.8 Å². The molecule has 3 rings (SSSR count). The normalized spacial score (nSPS) is 10.8. The summed E-state index contributed by atoms with van der Waals surface area (Å²) in [6.45, 7) is 0. The minimum absolute atomic E-state index is 0.193. The molecule has 0 radical (unpaired) electrons. The Morgan fingerprint density at radius 1 is 1.30 bits per heavy atom. The van der Waals surface area contributed by atoms with E-state index in [0.717, 1.165) is 0 Å². The largest absolute Gasteiger partial charge is 0.481 e. The second-order valence-electron chi connectivity index (χ2n) is 4.03. The summed E-state index contributed by atoms with van der Waals surface area (Å²) in [6, 6.07) is 3.16. The predicted octanol–water partition coefficient (Wildman–Crippen LogP) is 1.47. The molecule has 0 aromatic carbocycles. The van der Waals surface area contributed by atoms with Gasteiger partial charge < -0.3 is 5.11 Å². The van der Waals surface area contributed by atoms with Gasteiger partial charge in [-0.1, -0.05) is 11.6 Å². The summed E-state index contributed by atoms with van der Waals surface area (Å²) in [5, 5.41) is 13.4. The molecule has 8 heteroatoms. The standard InChI is InChI=1S/C12H8ClN5O2/c13-10-3-7(4-12(19)20)16-11-5-8(17-18(10)11)9-6-14-1-2-15-9/h1-3,5-6H,4H2,(H,19,20). The Balaban J connectivity index is 2.11. The van der Waals surface area contributed by atoms with Crippen molar-refractivity contribution >= 4 is 23.2 Å². The first-order chi connectivity index (χ1) is 9.63. The molecule has 0 aliphatic rings. The van der Waals surface area contributed by atoms with E-state index in [2.05, 4.69) is 20.1 Å². The molecule has 0 bridgehead atoms. The van der Waals surface area contributed by atoms with Gasteiger partial charge >= 0.3 is 5.97 Å². The van der Waals surface area contributed by atoms with Crippen molar-refractivity contribution < 1.29 is 9.90 Å². The Kier molecular flexibility index (Phi) is 3.03. The predicted molar refractivity (Wildman–Crippen MR) is 70.4 cm³/mol. The van der Waals surface area contributed by atoms with Crippen LogP contribution in [0.3, 0.4) is 0 Å². The van der Waals surface area contributed by atoms with Crippen molar-refractivity contribution in [2.75, 3.05) is 0 Å². The lowest BCUT2D eigenvalue weighted by atomic mass is 10.3. The van der Waals surface area contributed by atoms with Crippen LogP contribution in [0, 0.1) is 0 Å². The Labute approximate surface area is 117 Å².